The molecule has 2 saturated heterocycles. The molecule has 0 saturated carbocycles. The van der Waals surface area contributed by atoms with Crippen LogP contribution >= 0.6 is 0 Å². The standard InChI is InChI=1S/C20H27N5/c1-2-4-18(5-3-1)20-22-11-8-19(23-20)25-14-12-24(13-15-25)16-17-6-9-21-10-7-17/h1-5,8,11,17,21H,6-7,9-10,12-16H2. The first-order chi connectivity index (χ1) is 12.4. The quantitative estimate of drug-likeness (QED) is 0.927. The summed E-state index contributed by atoms with van der Waals surface area (Å²) in [5.74, 6) is 2.74. The lowest BCUT2D eigenvalue weighted by molar-refractivity contribution is 0.196. The van der Waals surface area contributed by atoms with Crippen LogP contribution in [0.4, 0.5) is 5.82 Å². The molecular formula is C20H27N5. The molecule has 4 rings (SSSR count). The van der Waals surface area contributed by atoms with Crippen LogP contribution in [-0.2, 0) is 0 Å². The smallest absolute Gasteiger partial charge is 0.161 e. The number of rotatable bonds is 4. The molecule has 5 heteroatoms. The summed E-state index contributed by atoms with van der Waals surface area (Å²) in [5.41, 5.74) is 1.08. The first-order valence-electron chi connectivity index (χ1n) is 9.45. The first kappa shape index (κ1) is 16.5. The number of nitrogens with zero attached hydrogens (tertiary/aromatic N) is 4. The monoisotopic (exact) mass is 337 g/mol. The lowest BCUT2D eigenvalue weighted by Crippen LogP contribution is -2.48. The van der Waals surface area contributed by atoms with E-state index >= 15 is 0 Å². The molecule has 0 spiro atoms. The van der Waals surface area contributed by atoms with Crippen molar-refractivity contribution in [1.82, 2.24) is 20.2 Å². The summed E-state index contributed by atoms with van der Waals surface area (Å²) < 4.78 is 0. The van der Waals surface area contributed by atoms with E-state index in [0.717, 1.165) is 49.3 Å². The number of hydrogen-bond acceptors (Lipinski definition) is 5. The fraction of sp³-hybridized carbons (Fsp3) is 0.500. The molecule has 0 amide bonds. The van der Waals surface area contributed by atoms with Crippen molar-refractivity contribution >= 4 is 5.82 Å². The minimum atomic E-state index is 0.815. The molecule has 25 heavy (non-hydrogen) atoms. The normalized spacial score (nSPS) is 19.9. The highest BCUT2D eigenvalue weighted by Crippen LogP contribution is 2.20. The first-order valence-corrected chi connectivity index (χ1v) is 9.45. The van der Waals surface area contributed by atoms with Gasteiger partial charge in [0.05, 0.1) is 0 Å². The van der Waals surface area contributed by atoms with Crippen molar-refractivity contribution in [1.29, 1.82) is 0 Å². The van der Waals surface area contributed by atoms with Crippen molar-refractivity contribution in [2.75, 3.05) is 50.7 Å². The minimum Gasteiger partial charge on any atom is -0.354 e. The van der Waals surface area contributed by atoms with E-state index in [0.29, 0.717) is 0 Å². The fourth-order valence-corrected chi connectivity index (χ4v) is 3.84. The lowest BCUT2D eigenvalue weighted by atomic mass is 9.97. The van der Waals surface area contributed by atoms with Crippen molar-refractivity contribution in [3.63, 3.8) is 0 Å². The van der Waals surface area contributed by atoms with Crippen molar-refractivity contribution in [2.45, 2.75) is 12.8 Å². The Morgan fingerprint density at radius 3 is 2.48 bits per heavy atom. The summed E-state index contributed by atoms with van der Waals surface area (Å²) in [6.07, 6.45) is 4.53. The third kappa shape index (κ3) is 4.17. The highest BCUT2D eigenvalue weighted by Gasteiger charge is 2.22. The van der Waals surface area contributed by atoms with E-state index in [2.05, 4.69) is 32.2 Å². The number of hydrogen-bond donors (Lipinski definition) is 1. The van der Waals surface area contributed by atoms with Gasteiger partial charge in [-0.1, -0.05) is 30.3 Å². The van der Waals surface area contributed by atoms with Gasteiger partial charge in [0.25, 0.3) is 0 Å². The van der Waals surface area contributed by atoms with Gasteiger partial charge in [-0.15, -0.1) is 0 Å². The van der Waals surface area contributed by atoms with Gasteiger partial charge in [0.1, 0.15) is 5.82 Å². The van der Waals surface area contributed by atoms with Gasteiger partial charge >= 0.3 is 0 Å². The Morgan fingerprint density at radius 1 is 0.960 bits per heavy atom. The van der Waals surface area contributed by atoms with Gasteiger partial charge in [0.2, 0.25) is 0 Å². The number of benzene rings is 1. The Hall–Kier alpha value is -1.98. The summed E-state index contributed by atoms with van der Waals surface area (Å²) in [7, 11) is 0. The third-order valence-corrected chi connectivity index (χ3v) is 5.34. The van der Waals surface area contributed by atoms with Crippen molar-refractivity contribution < 1.29 is 0 Å². The van der Waals surface area contributed by atoms with Gasteiger partial charge in [-0.2, -0.15) is 0 Å². The lowest BCUT2D eigenvalue weighted by Gasteiger charge is -2.37. The molecular weight excluding hydrogens is 310 g/mol. The second kappa shape index (κ2) is 7.93. The summed E-state index contributed by atoms with van der Waals surface area (Å²) >= 11 is 0. The van der Waals surface area contributed by atoms with Crippen LogP contribution in [-0.4, -0.2) is 60.7 Å². The summed E-state index contributed by atoms with van der Waals surface area (Å²) in [5, 5.41) is 3.46. The van der Waals surface area contributed by atoms with Gasteiger partial charge in [-0.25, -0.2) is 9.97 Å². The number of anilines is 1. The number of aromatic nitrogens is 2. The van der Waals surface area contributed by atoms with Crippen LogP contribution < -0.4 is 10.2 Å². The Labute approximate surface area is 150 Å². The molecule has 2 aliphatic rings. The maximum atomic E-state index is 4.80. The van der Waals surface area contributed by atoms with E-state index in [4.69, 9.17) is 4.98 Å². The summed E-state index contributed by atoms with van der Waals surface area (Å²) in [6.45, 7) is 8.01. The van der Waals surface area contributed by atoms with Gasteiger partial charge in [0.15, 0.2) is 5.82 Å². The van der Waals surface area contributed by atoms with Crippen LogP contribution in [0.25, 0.3) is 11.4 Å². The van der Waals surface area contributed by atoms with Crippen molar-refractivity contribution in [3.8, 4) is 11.4 Å². The zero-order valence-electron chi connectivity index (χ0n) is 14.8. The second-order valence-corrected chi connectivity index (χ2v) is 7.09. The molecule has 1 N–H and O–H groups in total. The van der Waals surface area contributed by atoms with E-state index in [1.54, 1.807) is 0 Å². The van der Waals surface area contributed by atoms with Gasteiger partial charge < -0.3 is 10.2 Å². The van der Waals surface area contributed by atoms with Gasteiger partial charge in [-0.3, -0.25) is 4.90 Å². The number of piperazine rings is 1. The maximum Gasteiger partial charge on any atom is 0.161 e. The minimum absolute atomic E-state index is 0.815. The van der Waals surface area contributed by atoms with Gasteiger partial charge in [-0.05, 0) is 37.9 Å². The Kier molecular flexibility index (Phi) is 5.23. The molecule has 2 aliphatic heterocycles. The number of piperidine rings is 1. The van der Waals surface area contributed by atoms with Crippen LogP contribution in [0.5, 0.6) is 0 Å². The molecule has 0 unspecified atom stereocenters. The molecule has 2 aromatic rings. The molecule has 2 fully saturated rings. The van der Waals surface area contributed by atoms with E-state index < -0.39 is 0 Å². The predicted octanol–water partition coefficient (Wildman–Crippen LogP) is 2.27. The van der Waals surface area contributed by atoms with E-state index in [-0.39, 0.29) is 0 Å². The van der Waals surface area contributed by atoms with Crippen LogP contribution in [0.3, 0.4) is 0 Å². The molecule has 132 valence electrons. The van der Waals surface area contributed by atoms with Gasteiger partial charge in [0, 0.05) is 44.5 Å². The topological polar surface area (TPSA) is 44.3 Å². The zero-order chi connectivity index (χ0) is 16.9. The van der Waals surface area contributed by atoms with Crippen LogP contribution in [0.2, 0.25) is 0 Å². The Bertz CT molecular complexity index is 661. The van der Waals surface area contributed by atoms with Crippen LogP contribution in [0.15, 0.2) is 42.6 Å². The Morgan fingerprint density at radius 2 is 1.72 bits per heavy atom. The maximum absolute atomic E-state index is 4.80. The summed E-state index contributed by atoms with van der Waals surface area (Å²) in [4.78, 5) is 14.3. The predicted molar refractivity (Wildman–Crippen MR) is 102 cm³/mol. The van der Waals surface area contributed by atoms with E-state index in [1.807, 2.05) is 30.5 Å². The van der Waals surface area contributed by atoms with E-state index in [9.17, 15) is 0 Å². The molecule has 0 bridgehead atoms. The largest absolute Gasteiger partial charge is 0.354 e. The Balaban J connectivity index is 1.36. The van der Waals surface area contributed by atoms with Crippen LogP contribution in [0, 0.1) is 5.92 Å². The van der Waals surface area contributed by atoms with Crippen LogP contribution in [0.1, 0.15) is 12.8 Å². The second-order valence-electron chi connectivity index (χ2n) is 7.09. The fourth-order valence-electron chi connectivity index (χ4n) is 3.84. The molecule has 0 aliphatic carbocycles. The van der Waals surface area contributed by atoms with Crippen molar-refractivity contribution in [2.24, 2.45) is 5.92 Å². The highest BCUT2D eigenvalue weighted by molar-refractivity contribution is 5.57. The molecule has 3 heterocycles. The zero-order valence-corrected chi connectivity index (χ0v) is 14.8. The highest BCUT2D eigenvalue weighted by atomic mass is 15.3. The molecule has 0 radical (unpaired) electrons. The average molecular weight is 337 g/mol. The molecule has 5 nitrogen and oxygen atoms in total. The summed E-state index contributed by atoms with van der Waals surface area (Å²) in [6, 6.07) is 12.3. The molecule has 1 aromatic heterocycles. The van der Waals surface area contributed by atoms with E-state index in [1.165, 1.54) is 32.5 Å². The van der Waals surface area contributed by atoms with Crippen molar-refractivity contribution in [3.05, 3.63) is 42.6 Å². The third-order valence-electron chi connectivity index (χ3n) is 5.34. The molecule has 1 aromatic carbocycles. The average Bonchev–Trinajstić information content (AvgIpc) is 2.70. The SMILES string of the molecule is c1ccc(-c2nccc(N3CCN(CC4CCNCC4)CC3)n2)cc1. The molecule has 0 atom stereocenters. The number of nitrogens with one attached hydrogen (secondary N) is 1.